The van der Waals surface area contributed by atoms with Crippen LogP contribution in [0.15, 0.2) is 0 Å². The first-order valence-corrected chi connectivity index (χ1v) is 5.13. The van der Waals surface area contributed by atoms with Crippen LogP contribution in [-0.4, -0.2) is 49.8 Å². The molecule has 78 valence electrons. The van der Waals surface area contributed by atoms with Crippen LogP contribution in [0.2, 0.25) is 0 Å². The number of hydrogen-bond acceptors (Lipinski definition) is 3. The zero-order chi connectivity index (χ0) is 9.84. The monoisotopic (exact) mass is 186 g/mol. The van der Waals surface area contributed by atoms with Gasteiger partial charge in [-0.2, -0.15) is 0 Å². The Kier molecular flexibility index (Phi) is 4.16. The van der Waals surface area contributed by atoms with Crippen molar-refractivity contribution in [2.75, 3.05) is 27.7 Å². The molecule has 1 aliphatic rings. The molecule has 0 aliphatic heterocycles. The second-order valence-corrected chi connectivity index (χ2v) is 4.38. The van der Waals surface area contributed by atoms with Crippen LogP contribution in [-0.2, 0) is 0 Å². The van der Waals surface area contributed by atoms with Crippen molar-refractivity contribution in [3.05, 3.63) is 0 Å². The van der Waals surface area contributed by atoms with Crippen molar-refractivity contribution in [2.45, 2.75) is 31.4 Å². The van der Waals surface area contributed by atoms with E-state index in [0.717, 1.165) is 25.8 Å². The molecule has 3 atom stereocenters. The highest BCUT2D eigenvalue weighted by Crippen LogP contribution is 2.24. The minimum Gasteiger partial charge on any atom is -0.393 e. The summed E-state index contributed by atoms with van der Waals surface area (Å²) in [4.78, 5) is 2.20. The molecule has 3 heteroatoms. The van der Waals surface area contributed by atoms with E-state index in [0.29, 0.717) is 12.0 Å². The van der Waals surface area contributed by atoms with Gasteiger partial charge in [-0.05, 0) is 46.3 Å². The highest BCUT2D eigenvalue weighted by atomic mass is 16.3. The lowest BCUT2D eigenvalue weighted by molar-refractivity contribution is 0.0727. The highest BCUT2D eigenvalue weighted by Gasteiger charge is 2.28. The van der Waals surface area contributed by atoms with Crippen LogP contribution in [0.4, 0.5) is 0 Å². The molecule has 3 nitrogen and oxygen atoms in total. The molecule has 1 rings (SSSR count). The van der Waals surface area contributed by atoms with Gasteiger partial charge in [-0.3, -0.25) is 0 Å². The van der Waals surface area contributed by atoms with Gasteiger partial charge in [0, 0.05) is 12.6 Å². The first-order valence-electron chi connectivity index (χ1n) is 5.13. The second-order valence-electron chi connectivity index (χ2n) is 4.38. The maximum atomic E-state index is 9.56. The van der Waals surface area contributed by atoms with Gasteiger partial charge in [-0.25, -0.2) is 0 Å². The molecule has 3 unspecified atom stereocenters. The van der Waals surface area contributed by atoms with Gasteiger partial charge in [-0.1, -0.05) is 0 Å². The predicted octanol–water partition coefficient (Wildman–Crippen LogP) is 0.297. The standard InChI is InChI=1S/C10H22N2O/c1-11-10-5-4-9(13)6-8(10)7-12(2)3/h8-11,13H,4-7H2,1-3H3. The van der Waals surface area contributed by atoms with E-state index in [4.69, 9.17) is 0 Å². The fourth-order valence-electron chi connectivity index (χ4n) is 2.29. The topological polar surface area (TPSA) is 35.5 Å². The van der Waals surface area contributed by atoms with E-state index in [1.54, 1.807) is 0 Å². The Balaban J connectivity index is 2.44. The third kappa shape index (κ3) is 3.25. The highest BCUT2D eigenvalue weighted by molar-refractivity contribution is 4.84. The molecule has 1 fully saturated rings. The van der Waals surface area contributed by atoms with Gasteiger partial charge in [0.15, 0.2) is 0 Å². The van der Waals surface area contributed by atoms with Crippen molar-refractivity contribution in [1.29, 1.82) is 0 Å². The molecule has 1 aliphatic carbocycles. The molecular formula is C10H22N2O. The minimum absolute atomic E-state index is 0.0745. The third-order valence-corrected chi connectivity index (χ3v) is 2.93. The van der Waals surface area contributed by atoms with Gasteiger partial charge in [0.2, 0.25) is 0 Å². The smallest absolute Gasteiger partial charge is 0.0544 e. The average molecular weight is 186 g/mol. The van der Waals surface area contributed by atoms with Crippen molar-refractivity contribution in [3.63, 3.8) is 0 Å². The van der Waals surface area contributed by atoms with Gasteiger partial charge in [0.05, 0.1) is 6.10 Å². The molecule has 0 amide bonds. The summed E-state index contributed by atoms with van der Waals surface area (Å²) >= 11 is 0. The van der Waals surface area contributed by atoms with Gasteiger partial charge in [0.25, 0.3) is 0 Å². The fraction of sp³-hybridized carbons (Fsp3) is 1.00. The summed E-state index contributed by atoms with van der Waals surface area (Å²) in [5.74, 6) is 0.601. The molecule has 0 aromatic carbocycles. The lowest BCUT2D eigenvalue weighted by Crippen LogP contribution is -2.44. The summed E-state index contributed by atoms with van der Waals surface area (Å²) in [6.07, 6.45) is 2.93. The van der Waals surface area contributed by atoms with E-state index < -0.39 is 0 Å². The van der Waals surface area contributed by atoms with Crippen LogP contribution in [0.5, 0.6) is 0 Å². The summed E-state index contributed by atoms with van der Waals surface area (Å²) in [5, 5.41) is 12.9. The molecular weight excluding hydrogens is 164 g/mol. The Hall–Kier alpha value is -0.120. The van der Waals surface area contributed by atoms with Crippen LogP contribution in [0.3, 0.4) is 0 Å². The van der Waals surface area contributed by atoms with Crippen molar-refractivity contribution in [3.8, 4) is 0 Å². The van der Waals surface area contributed by atoms with Gasteiger partial charge < -0.3 is 15.3 Å². The molecule has 2 N–H and O–H groups in total. The zero-order valence-electron chi connectivity index (χ0n) is 8.95. The lowest BCUT2D eigenvalue weighted by Gasteiger charge is -2.35. The Morgan fingerprint density at radius 2 is 2.08 bits per heavy atom. The number of rotatable bonds is 3. The number of nitrogens with one attached hydrogen (secondary N) is 1. The van der Waals surface area contributed by atoms with E-state index in [9.17, 15) is 5.11 Å². The van der Waals surface area contributed by atoms with Crippen molar-refractivity contribution in [2.24, 2.45) is 5.92 Å². The molecule has 0 aromatic rings. The summed E-state index contributed by atoms with van der Waals surface area (Å²) in [5.41, 5.74) is 0. The van der Waals surface area contributed by atoms with Crippen molar-refractivity contribution >= 4 is 0 Å². The number of hydrogen-bond donors (Lipinski definition) is 2. The fourth-order valence-corrected chi connectivity index (χ4v) is 2.29. The number of aliphatic hydroxyl groups is 1. The van der Waals surface area contributed by atoms with Crippen LogP contribution in [0, 0.1) is 5.92 Å². The Bertz CT molecular complexity index is 148. The van der Waals surface area contributed by atoms with E-state index in [1.165, 1.54) is 0 Å². The predicted molar refractivity (Wildman–Crippen MR) is 54.7 cm³/mol. The summed E-state index contributed by atoms with van der Waals surface area (Å²) in [6, 6.07) is 0.589. The Morgan fingerprint density at radius 1 is 1.38 bits per heavy atom. The maximum absolute atomic E-state index is 9.56. The van der Waals surface area contributed by atoms with Crippen LogP contribution in [0.1, 0.15) is 19.3 Å². The van der Waals surface area contributed by atoms with E-state index in [1.807, 2.05) is 7.05 Å². The molecule has 0 saturated heterocycles. The summed E-state index contributed by atoms with van der Waals surface area (Å²) < 4.78 is 0. The van der Waals surface area contributed by atoms with E-state index >= 15 is 0 Å². The number of nitrogens with zero attached hydrogens (tertiary/aromatic N) is 1. The normalized spacial score (nSPS) is 35.3. The Morgan fingerprint density at radius 3 is 2.62 bits per heavy atom. The van der Waals surface area contributed by atoms with Crippen LogP contribution in [0.25, 0.3) is 0 Å². The largest absolute Gasteiger partial charge is 0.393 e. The Labute approximate surface area is 81.1 Å². The van der Waals surface area contributed by atoms with Crippen LogP contribution < -0.4 is 5.32 Å². The summed E-state index contributed by atoms with van der Waals surface area (Å²) in [7, 11) is 6.20. The zero-order valence-corrected chi connectivity index (χ0v) is 8.95. The molecule has 0 bridgehead atoms. The van der Waals surface area contributed by atoms with E-state index in [-0.39, 0.29) is 6.10 Å². The quantitative estimate of drug-likeness (QED) is 0.665. The first-order chi connectivity index (χ1) is 6.13. The molecule has 0 spiro atoms. The lowest BCUT2D eigenvalue weighted by atomic mass is 9.82. The maximum Gasteiger partial charge on any atom is 0.0544 e. The van der Waals surface area contributed by atoms with Gasteiger partial charge >= 0.3 is 0 Å². The molecule has 0 heterocycles. The minimum atomic E-state index is -0.0745. The molecule has 13 heavy (non-hydrogen) atoms. The SMILES string of the molecule is CNC1CCC(O)CC1CN(C)C. The molecule has 1 saturated carbocycles. The third-order valence-electron chi connectivity index (χ3n) is 2.93. The van der Waals surface area contributed by atoms with Crippen molar-refractivity contribution in [1.82, 2.24) is 10.2 Å². The van der Waals surface area contributed by atoms with Gasteiger partial charge in [-0.15, -0.1) is 0 Å². The van der Waals surface area contributed by atoms with Crippen molar-refractivity contribution < 1.29 is 5.11 Å². The second kappa shape index (κ2) is 4.94. The number of aliphatic hydroxyl groups excluding tert-OH is 1. The summed E-state index contributed by atoms with van der Waals surface area (Å²) in [6.45, 7) is 1.07. The molecule has 0 aromatic heterocycles. The van der Waals surface area contributed by atoms with Gasteiger partial charge in [0.1, 0.15) is 0 Å². The average Bonchev–Trinajstić information content (AvgIpc) is 2.03. The van der Waals surface area contributed by atoms with E-state index in [2.05, 4.69) is 24.3 Å². The first kappa shape index (κ1) is 11.0. The van der Waals surface area contributed by atoms with Crippen LogP contribution >= 0.6 is 0 Å². The molecule has 0 radical (unpaired) electrons.